The molecule has 1 aromatic rings. The van der Waals surface area contributed by atoms with Crippen LogP contribution < -0.4 is 11.1 Å². The van der Waals surface area contributed by atoms with Gasteiger partial charge in [-0.15, -0.1) is 0 Å². The molecule has 0 aliphatic carbocycles. The average Bonchev–Trinajstić information content (AvgIpc) is 2.44. The lowest BCUT2D eigenvalue weighted by Crippen LogP contribution is -2.42. The monoisotopic (exact) mass is 287 g/mol. The molecule has 7 nitrogen and oxygen atoms in total. The molecule has 21 heavy (non-hydrogen) atoms. The van der Waals surface area contributed by atoms with Gasteiger partial charge in [-0.2, -0.15) is 5.26 Å². The molecular formula is C14H13N3O4. The first-order chi connectivity index (χ1) is 9.92. The maximum Gasteiger partial charge on any atom is 0.326 e. The van der Waals surface area contributed by atoms with Crippen molar-refractivity contribution >= 4 is 23.9 Å². The summed E-state index contributed by atoms with van der Waals surface area (Å²) in [6, 6.07) is 7.06. The van der Waals surface area contributed by atoms with E-state index in [-0.39, 0.29) is 0 Å². The minimum Gasteiger partial charge on any atom is -0.480 e. The number of primary amides is 1. The second-order valence-corrected chi connectivity index (χ2v) is 4.14. The summed E-state index contributed by atoms with van der Waals surface area (Å²) < 4.78 is 0. The Balaban J connectivity index is 2.66. The number of amides is 2. The second-order valence-electron chi connectivity index (χ2n) is 4.14. The van der Waals surface area contributed by atoms with Crippen molar-refractivity contribution in [2.75, 3.05) is 0 Å². The number of carboxylic acid groups (broad SMARTS) is 1. The lowest BCUT2D eigenvalue weighted by Gasteiger charge is -2.10. The first-order valence-electron chi connectivity index (χ1n) is 5.92. The quantitative estimate of drug-likeness (QED) is 0.634. The molecule has 1 aromatic carbocycles. The van der Waals surface area contributed by atoms with Crippen molar-refractivity contribution in [1.29, 1.82) is 5.26 Å². The molecular weight excluding hydrogens is 274 g/mol. The Morgan fingerprint density at radius 2 is 1.95 bits per heavy atom. The summed E-state index contributed by atoms with van der Waals surface area (Å²) in [4.78, 5) is 33.1. The van der Waals surface area contributed by atoms with Crippen molar-refractivity contribution in [2.45, 2.75) is 12.5 Å². The van der Waals surface area contributed by atoms with Gasteiger partial charge in [0.05, 0.1) is 18.1 Å². The summed E-state index contributed by atoms with van der Waals surface area (Å²) in [7, 11) is 0. The predicted molar refractivity (Wildman–Crippen MR) is 73.6 cm³/mol. The van der Waals surface area contributed by atoms with E-state index in [9.17, 15) is 14.4 Å². The van der Waals surface area contributed by atoms with Crippen molar-refractivity contribution in [3.8, 4) is 6.07 Å². The van der Waals surface area contributed by atoms with E-state index in [1.165, 1.54) is 6.08 Å². The lowest BCUT2D eigenvalue weighted by molar-refractivity contribution is -0.142. The highest BCUT2D eigenvalue weighted by Gasteiger charge is 2.20. The zero-order valence-electron chi connectivity index (χ0n) is 10.9. The molecule has 0 fully saturated rings. The molecule has 0 saturated carbocycles. The number of nitrogens with zero attached hydrogens (tertiary/aromatic N) is 1. The molecule has 0 radical (unpaired) electrons. The summed E-state index contributed by atoms with van der Waals surface area (Å²) in [5.41, 5.74) is 6.06. The van der Waals surface area contributed by atoms with Crippen molar-refractivity contribution in [3.63, 3.8) is 0 Å². The Hall–Kier alpha value is -3.14. The van der Waals surface area contributed by atoms with Crippen molar-refractivity contribution in [1.82, 2.24) is 5.32 Å². The molecule has 1 atom stereocenters. The van der Waals surface area contributed by atoms with Gasteiger partial charge < -0.3 is 16.2 Å². The van der Waals surface area contributed by atoms with Crippen LogP contribution in [0.1, 0.15) is 17.5 Å². The molecule has 0 heterocycles. The minimum atomic E-state index is -1.36. The Bertz CT molecular complexity index is 614. The Morgan fingerprint density at radius 1 is 1.33 bits per heavy atom. The first-order valence-corrected chi connectivity index (χ1v) is 5.92. The van der Waals surface area contributed by atoms with Crippen LogP contribution in [0.3, 0.4) is 0 Å². The van der Waals surface area contributed by atoms with E-state index in [0.717, 1.165) is 6.08 Å². The highest BCUT2D eigenvalue weighted by atomic mass is 16.4. The van der Waals surface area contributed by atoms with Crippen LogP contribution in [0.4, 0.5) is 0 Å². The molecule has 0 aliphatic heterocycles. The number of aliphatic carboxylic acids is 1. The topological polar surface area (TPSA) is 133 Å². The summed E-state index contributed by atoms with van der Waals surface area (Å²) in [6.07, 6.45) is 2.11. The van der Waals surface area contributed by atoms with Gasteiger partial charge in [0.25, 0.3) is 0 Å². The molecule has 4 N–H and O–H groups in total. The third kappa shape index (κ3) is 5.57. The number of rotatable bonds is 6. The average molecular weight is 287 g/mol. The molecule has 108 valence electrons. The number of carboxylic acids is 1. The number of hydrogen-bond donors (Lipinski definition) is 3. The number of nitrogens with one attached hydrogen (secondary N) is 1. The molecule has 0 bridgehead atoms. The molecule has 0 unspecified atom stereocenters. The van der Waals surface area contributed by atoms with Gasteiger partial charge in [-0.05, 0) is 23.8 Å². The summed E-state index contributed by atoms with van der Waals surface area (Å²) in [5, 5.41) is 19.6. The highest BCUT2D eigenvalue weighted by molar-refractivity contribution is 5.95. The Labute approximate surface area is 120 Å². The SMILES string of the molecule is N#Cc1ccc(C=CC(=O)N[C@@H](CC(N)=O)C(=O)O)cc1. The predicted octanol–water partition coefficient (Wildman–Crippen LogP) is 0.0163. The number of nitrogens with two attached hydrogens (primary N) is 1. The fourth-order valence-corrected chi connectivity index (χ4v) is 1.46. The lowest BCUT2D eigenvalue weighted by atomic mass is 10.1. The van der Waals surface area contributed by atoms with Gasteiger partial charge in [0.1, 0.15) is 6.04 Å². The fourth-order valence-electron chi connectivity index (χ4n) is 1.46. The standard InChI is InChI=1S/C14H13N3O4/c15-8-10-3-1-9(2-4-10)5-6-13(19)17-11(14(20)21)7-12(16)18/h1-6,11H,7H2,(H2,16,18)(H,17,19)(H,20,21)/t11-/m0/s1. The van der Waals surface area contributed by atoms with E-state index in [1.807, 2.05) is 6.07 Å². The van der Waals surface area contributed by atoms with E-state index >= 15 is 0 Å². The summed E-state index contributed by atoms with van der Waals surface area (Å²) in [6.45, 7) is 0. The van der Waals surface area contributed by atoms with E-state index in [4.69, 9.17) is 16.1 Å². The molecule has 0 aromatic heterocycles. The minimum absolute atomic E-state index is 0.480. The van der Waals surface area contributed by atoms with Crippen LogP contribution in [0.25, 0.3) is 6.08 Å². The van der Waals surface area contributed by atoms with Crippen LogP contribution in [0, 0.1) is 11.3 Å². The summed E-state index contributed by atoms with van der Waals surface area (Å²) >= 11 is 0. The van der Waals surface area contributed by atoms with E-state index in [2.05, 4.69) is 5.32 Å². The number of hydrogen-bond acceptors (Lipinski definition) is 4. The number of nitriles is 1. The van der Waals surface area contributed by atoms with Crippen LogP contribution in [-0.4, -0.2) is 28.9 Å². The van der Waals surface area contributed by atoms with E-state index in [0.29, 0.717) is 11.1 Å². The molecule has 7 heteroatoms. The highest BCUT2D eigenvalue weighted by Crippen LogP contribution is 2.05. The third-order valence-electron chi connectivity index (χ3n) is 2.49. The van der Waals surface area contributed by atoms with Crippen molar-refractivity contribution in [2.24, 2.45) is 5.73 Å². The van der Waals surface area contributed by atoms with E-state index < -0.39 is 30.2 Å². The van der Waals surface area contributed by atoms with Crippen molar-refractivity contribution in [3.05, 3.63) is 41.5 Å². The smallest absolute Gasteiger partial charge is 0.326 e. The van der Waals surface area contributed by atoms with Gasteiger partial charge in [0, 0.05) is 6.08 Å². The van der Waals surface area contributed by atoms with Gasteiger partial charge in [-0.3, -0.25) is 9.59 Å². The molecule has 1 rings (SSSR count). The Morgan fingerprint density at radius 3 is 2.43 bits per heavy atom. The fraction of sp³-hybridized carbons (Fsp3) is 0.143. The van der Waals surface area contributed by atoms with Crippen LogP contribution >= 0.6 is 0 Å². The van der Waals surface area contributed by atoms with Gasteiger partial charge in [-0.25, -0.2) is 4.79 Å². The normalized spacial score (nSPS) is 11.6. The third-order valence-corrected chi connectivity index (χ3v) is 2.49. The molecule has 0 saturated heterocycles. The maximum absolute atomic E-state index is 11.6. The van der Waals surface area contributed by atoms with Gasteiger partial charge in [0.15, 0.2) is 0 Å². The Kier molecular flexibility index (Phi) is 5.65. The van der Waals surface area contributed by atoms with Crippen LogP contribution in [0.2, 0.25) is 0 Å². The number of benzene rings is 1. The largest absolute Gasteiger partial charge is 0.480 e. The summed E-state index contributed by atoms with van der Waals surface area (Å²) in [5.74, 6) is -2.82. The molecule has 2 amide bonds. The number of carbonyl (C=O) groups excluding carboxylic acids is 2. The van der Waals surface area contributed by atoms with Crippen LogP contribution in [-0.2, 0) is 14.4 Å². The van der Waals surface area contributed by atoms with Crippen LogP contribution in [0.15, 0.2) is 30.3 Å². The maximum atomic E-state index is 11.6. The van der Waals surface area contributed by atoms with Crippen molar-refractivity contribution < 1.29 is 19.5 Å². The van der Waals surface area contributed by atoms with Crippen LogP contribution in [0.5, 0.6) is 0 Å². The van der Waals surface area contributed by atoms with Gasteiger partial charge in [0.2, 0.25) is 11.8 Å². The first kappa shape index (κ1) is 15.9. The zero-order chi connectivity index (χ0) is 15.8. The van der Waals surface area contributed by atoms with Gasteiger partial charge >= 0.3 is 5.97 Å². The van der Waals surface area contributed by atoms with E-state index in [1.54, 1.807) is 24.3 Å². The zero-order valence-corrected chi connectivity index (χ0v) is 10.9. The van der Waals surface area contributed by atoms with Gasteiger partial charge in [-0.1, -0.05) is 12.1 Å². The molecule has 0 spiro atoms. The molecule has 0 aliphatic rings. The second kappa shape index (κ2) is 7.45. The number of carbonyl (C=O) groups is 3.